The molecule has 0 aromatic carbocycles. The first-order chi connectivity index (χ1) is 9.04. The summed E-state index contributed by atoms with van der Waals surface area (Å²) in [5.74, 6) is -1.57. The number of carboxylic acid groups (broad SMARTS) is 1. The van der Waals surface area contributed by atoms with Crippen molar-refractivity contribution in [3.63, 3.8) is 0 Å². The van der Waals surface area contributed by atoms with Crippen LogP contribution in [0.3, 0.4) is 0 Å². The van der Waals surface area contributed by atoms with Crippen molar-refractivity contribution in [2.75, 3.05) is 6.54 Å². The third-order valence-corrected chi connectivity index (χ3v) is 4.17. The monoisotopic (exact) mass is 264 g/mol. The minimum Gasteiger partial charge on any atom is -0.481 e. The third-order valence-electron chi connectivity index (χ3n) is 4.17. The van der Waals surface area contributed by atoms with Crippen LogP contribution in [0, 0.1) is 29.1 Å². The average molecular weight is 264 g/mol. The maximum atomic E-state index is 12.5. The number of nitriles is 1. The Labute approximate surface area is 113 Å². The van der Waals surface area contributed by atoms with Crippen molar-refractivity contribution in [1.29, 1.82) is 5.26 Å². The van der Waals surface area contributed by atoms with Crippen molar-refractivity contribution in [3.05, 3.63) is 0 Å². The maximum Gasteiger partial charge on any atom is 0.307 e. The minimum absolute atomic E-state index is 0.0468. The highest BCUT2D eigenvalue weighted by Crippen LogP contribution is 2.39. The summed E-state index contributed by atoms with van der Waals surface area (Å²) in [6.45, 7) is 2.44. The van der Waals surface area contributed by atoms with Gasteiger partial charge in [-0.15, -0.1) is 0 Å². The van der Waals surface area contributed by atoms with Gasteiger partial charge in [0.1, 0.15) is 0 Å². The SMILES string of the molecule is CC1C[C@H](C(=O)N(CCC#N)C2CC2)[C@H](C(=O)O)C1. The number of hydrogen-bond acceptors (Lipinski definition) is 3. The molecular formula is C14H20N2O3. The van der Waals surface area contributed by atoms with E-state index in [0.29, 0.717) is 25.8 Å². The summed E-state index contributed by atoms with van der Waals surface area (Å²) in [4.78, 5) is 25.6. The molecule has 2 aliphatic carbocycles. The molecule has 2 aliphatic rings. The van der Waals surface area contributed by atoms with Gasteiger partial charge in [0, 0.05) is 12.6 Å². The molecule has 0 aliphatic heterocycles. The fourth-order valence-corrected chi connectivity index (χ4v) is 3.08. The van der Waals surface area contributed by atoms with Gasteiger partial charge >= 0.3 is 5.97 Å². The van der Waals surface area contributed by atoms with Gasteiger partial charge in [-0.05, 0) is 31.6 Å². The van der Waals surface area contributed by atoms with Crippen LogP contribution in [0.15, 0.2) is 0 Å². The minimum atomic E-state index is -0.862. The Bertz CT molecular complexity index is 411. The molecule has 2 rings (SSSR count). The molecule has 1 amide bonds. The fourth-order valence-electron chi connectivity index (χ4n) is 3.08. The number of carboxylic acids is 1. The Balaban J connectivity index is 2.07. The van der Waals surface area contributed by atoms with Gasteiger partial charge in [-0.25, -0.2) is 0 Å². The van der Waals surface area contributed by atoms with Gasteiger partial charge in [0.05, 0.1) is 24.3 Å². The van der Waals surface area contributed by atoms with Crippen LogP contribution in [0.25, 0.3) is 0 Å². The van der Waals surface area contributed by atoms with E-state index in [2.05, 4.69) is 6.07 Å². The van der Waals surface area contributed by atoms with Gasteiger partial charge in [-0.2, -0.15) is 5.26 Å². The molecule has 5 nitrogen and oxygen atoms in total. The zero-order chi connectivity index (χ0) is 14.0. The average Bonchev–Trinajstić information content (AvgIpc) is 3.11. The van der Waals surface area contributed by atoms with Crippen molar-refractivity contribution in [1.82, 2.24) is 4.90 Å². The van der Waals surface area contributed by atoms with Crippen molar-refractivity contribution in [3.8, 4) is 6.07 Å². The standard InChI is InChI=1S/C14H20N2O3/c1-9-7-11(12(8-9)14(18)19)13(17)16(6-2-5-15)10-3-4-10/h9-12H,2-4,6-8H2,1H3,(H,18,19)/t9?,11-,12+/m0/s1. The van der Waals surface area contributed by atoms with Crippen LogP contribution in [-0.4, -0.2) is 34.5 Å². The van der Waals surface area contributed by atoms with E-state index >= 15 is 0 Å². The Morgan fingerprint density at radius 3 is 2.47 bits per heavy atom. The molecule has 0 spiro atoms. The van der Waals surface area contributed by atoms with E-state index in [1.54, 1.807) is 4.90 Å². The number of aliphatic carboxylic acids is 1. The lowest BCUT2D eigenvalue weighted by atomic mass is 9.94. The van der Waals surface area contributed by atoms with Crippen LogP contribution < -0.4 is 0 Å². The number of amides is 1. The summed E-state index contributed by atoms with van der Waals surface area (Å²) in [5.41, 5.74) is 0. The molecule has 1 unspecified atom stereocenters. The summed E-state index contributed by atoms with van der Waals surface area (Å²) < 4.78 is 0. The van der Waals surface area contributed by atoms with E-state index < -0.39 is 17.8 Å². The van der Waals surface area contributed by atoms with Crippen LogP contribution in [-0.2, 0) is 9.59 Å². The van der Waals surface area contributed by atoms with Crippen LogP contribution in [0.4, 0.5) is 0 Å². The lowest BCUT2D eigenvalue weighted by molar-refractivity contribution is -0.149. The molecule has 2 fully saturated rings. The molecule has 1 N–H and O–H groups in total. The van der Waals surface area contributed by atoms with Crippen molar-refractivity contribution in [2.45, 2.75) is 45.1 Å². The first-order valence-electron chi connectivity index (χ1n) is 6.94. The highest BCUT2D eigenvalue weighted by Gasteiger charge is 2.45. The number of carbonyl (C=O) groups excluding carboxylic acids is 1. The Hall–Kier alpha value is -1.57. The Morgan fingerprint density at radius 2 is 1.95 bits per heavy atom. The molecule has 5 heteroatoms. The lowest BCUT2D eigenvalue weighted by Gasteiger charge is -2.26. The summed E-state index contributed by atoms with van der Waals surface area (Å²) in [6.07, 6.45) is 3.53. The Kier molecular flexibility index (Phi) is 4.08. The molecule has 19 heavy (non-hydrogen) atoms. The molecule has 0 aromatic heterocycles. The molecule has 104 valence electrons. The van der Waals surface area contributed by atoms with Gasteiger partial charge in [0.2, 0.25) is 5.91 Å². The second kappa shape index (κ2) is 5.60. The highest BCUT2D eigenvalue weighted by atomic mass is 16.4. The van der Waals surface area contributed by atoms with Crippen LogP contribution in [0.5, 0.6) is 0 Å². The van der Waals surface area contributed by atoms with Gasteiger partial charge in [-0.3, -0.25) is 9.59 Å². The predicted octanol–water partition coefficient (Wildman–Crippen LogP) is 1.64. The first kappa shape index (κ1) is 13.9. The predicted molar refractivity (Wildman–Crippen MR) is 68.0 cm³/mol. The molecule has 0 aromatic rings. The van der Waals surface area contributed by atoms with Crippen LogP contribution in [0.2, 0.25) is 0 Å². The maximum absolute atomic E-state index is 12.5. The molecule has 0 bridgehead atoms. The summed E-state index contributed by atoms with van der Waals surface area (Å²) in [5, 5.41) is 17.9. The molecule has 2 saturated carbocycles. The van der Waals surface area contributed by atoms with E-state index in [1.165, 1.54) is 0 Å². The van der Waals surface area contributed by atoms with Crippen molar-refractivity contribution >= 4 is 11.9 Å². The van der Waals surface area contributed by atoms with E-state index in [9.17, 15) is 14.7 Å². The smallest absolute Gasteiger partial charge is 0.307 e. The number of hydrogen-bond donors (Lipinski definition) is 1. The first-order valence-corrected chi connectivity index (χ1v) is 6.94. The van der Waals surface area contributed by atoms with Gasteiger partial charge < -0.3 is 10.0 Å². The van der Waals surface area contributed by atoms with Crippen molar-refractivity contribution < 1.29 is 14.7 Å². The molecule has 0 saturated heterocycles. The number of rotatable bonds is 5. The largest absolute Gasteiger partial charge is 0.481 e. The summed E-state index contributed by atoms with van der Waals surface area (Å²) >= 11 is 0. The second-order valence-corrected chi connectivity index (χ2v) is 5.80. The molecule has 0 radical (unpaired) electrons. The van der Waals surface area contributed by atoms with Gasteiger partial charge in [0.15, 0.2) is 0 Å². The third kappa shape index (κ3) is 3.06. The Morgan fingerprint density at radius 1 is 1.32 bits per heavy atom. The fraction of sp³-hybridized carbons (Fsp3) is 0.786. The van der Waals surface area contributed by atoms with Gasteiger partial charge in [-0.1, -0.05) is 6.92 Å². The van der Waals surface area contributed by atoms with E-state index in [0.717, 1.165) is 12.8 Å². The second-order valence-electron chi connectivity index (χ2n) is 5.80. The van der Waals surface area contributed by atoms with E-state index in [-0.39, 0.29) is 17.9 Å². The molecular weight excluding hydrogens is 244 g/mol. The topological polar surface area (TPSA) is 81.4 Å². The number of carbonyl (C=O) groups is 2. The zero-order valence-electron chi connectivity index (χ0n) is 11.2. The van der Waals surface area contributed by atoms with Crippen LogP contribution >= 0.6 is 0 Å². The molecule has 0 heterocycles. The van der Waals surface area contributed by atoms with Crippen LogP contribution in [0.1, 0.15) is 39.0 Å². The lowest BCUT2D eigenvalue weighted by Crippen LogP contribution is -2.41. The zero-order valence-corrected chi connectivity index (χ0v) is 11.2. The molecule has 3 atom stereocenters. The van der Waals surface area contributed by atoms with Gasteiger partial charge in [0.25, 0.3) is 0 Å². The van der Waals surface area contributed by atoms with E-state index in [1.807, 2.05) is 6.92 Å². The highest BCUT2D eigenvalue weighted by molar-refractivity contribution is 5.85. The number of nitrogens with zero attached hydrogens (tertiary/aromatic N) is 2. The summed E-state index contributed by atoms with van der Waals surface area (Å²) in [7, 11) is 0. The van der Waals surface area contributed by atoms with Crippen molar-refractivity contribution in [2.24, 2.45) is 17.8 Å². The normalized spacial score (nSPS) is 29.8. The quantitative estimate of drug-likeness (QED) is 0.818. The van der Waals surface area contributed by atoms with E-state index in [4.69, 9.17) is 5.26 Å². The summed E-state index contributed by atoms with van der Waals surface area (Å²) in [6, 6.07) is 2.30.